The molecule has 5 heteroatoms. The van der Waals surface area contributed by atoms with E-state index in [2.05, 4.69) is 27.8 Å². The van der Waals surface area contributed by atoms with Crippen molar-refractivity contribution in [3.05, 3.63) is 28.2 Å². The van der Waals surface area contributed by atoms with E-state index in [0.717, 1.165) is 54.9 Å². The third-order valence-electron chi connectivity index (χ3n) is 4.02. The number of piperazine rings is 1. The number of methoxy groups -OCH3 is 1. The van der Waals surface area contributed by atoms with Gasteiger partial charge in [-0.25, -0.2) is 0 Å². The Hall–Kier alpha value is -1.07. The fraction of sp³-hybridized carbons (Fsp3) is 0.562. The molecule has 0 aromatic heterocycles. The first kappa shape index (κ1) is 16.3. The summed E-state index contributed by atoms with van der Waals surface area (Å²) in [6, 6.07) is 5.98. The van der Waals surface area contributed by atoms with Crippen LogP contribution in [0.5, 0.6) is 5.75 Å². The van der Waals surface area contributed by atoms with E-state index in [1.54, 1.807) is 7.11 Å². The predicted octanol–water partition coefficient (Wildman–Crippen LogP) is 2.55. The van der Waals surface area contributed by atoms with Gasteiger partial charge in [-0.2, -0.15) is 0 Å². The van der Waals surface area contributed by atoms with Gasteiger partial charge in [0.2, 0.25) is 5.91 Å². The average molecular weight is 355 g/mol. The molecule has 0 N–H and O–H groups in total. The Morgan fingerprint density at radius 3 is 2.57 bits per heavy atom. The number of rotatable bonds is 5. The first-order valence-corrected chi connectivity index (χ1v) is 8.26. The van der Waals surface area contributed by atoms with Crippen LogP contribution in [0, 0.1) is 0 Å². The number of nitrogens with zero attached hydrogens (tertiary/aromatic N) is 2. The zero-order valence-electron chi connectivity index (χ0n) is 12.8. The second-order valence-electron chi connectivity index (χ2n) is 5.28. The van der Waals surface area contributed by atoms with Crippen LogP contribution in [0.15, 0.2) is 22.7 Å². The van der Waals surface area contributed by atoms with Gasteiger partial charge in [0.15, 0.2) is 0 Å². The third-order valence-corrected chi connectivity index (χ3v) is 4.64. The summed E-state index contributed by atoms with van der Waals surface area (Å²) >= 11 is 3.48. The number of hydrogen-bond acceptors (Lipinski definition) is 3. The molecule has 21 heavy (non-hydrogen) atoms. The molecular weight excluding hydrogens is 332 g/mol. The number of benzene rings is 1. The fourth-order valence-corrected chi connectivity index (χ4v) is 3.18. The standard InChI is InChI=1S/C16H23BrN2O2/c1-3-18-8-10-19(11-9-18)16(20)7-5-13-4-6-15(21-2)14(17)12-13/h4,6,12H,3,5,7-11H2,1-2H3. The summed E-state index contributed by atoms with van der Waals surface area (Å²) in [5.74, 6) is 1.08. The molecule has 0 unspecified atom stereocenters. The van der Waals surface area contributed by atoms with E-state index in [0.29, 0.717) is 6.42 Å². The van der Waals surface area contributed by atoms with Gasteiger partial charge in [0.25, 0.3) is 0 Å². The molecule has 1 amide bonds. The van der Waals surface area contributed by atoms with Crippen LogP contribution in [-0.2, 0) is 11.2 Å². The minimum absolute atomic E-state index is 0.262. The molecule has 1 aliphatic rings. The molecule has 1 aromatic carbocycles. The lowest BCUT2D eigenvalue weighted by Crippen LogP contribution is -2.48. The second kappa shape index (κ2) is 7.80. The van der Waals surface area contributed by atoms with Crippen LogP contribution < -0.4 is 4.74 Å². The van der Waals surface area contributed by atoms with E-state index in [9.17, 15) is 4.79 Å². The van der Waals surface area contributed by atoms with Gasteiger partial charge in [-0.05, 0) is 46.6 Å². The highest BCUT2D eigenvalue weighted by Gasteiger charge is 2.19. The Kier molecular flexibility index (Phi) is 6.06. The van der Waals surface area contributed by atoms with Gasteiger partial charge in [-0.3, -0.25) is 4.79 Å². The smallest absolute Gasteiger partial charge is 0.222 e. The van der Waals surface area contributed by atoms with Gasteiger partial charge in [-0.15, -0.1) is 0 Å². The Balaban J connectivity index is 1.83. The molecule has 1 heterocycles. The summed E-state index contributed by atoms with van der Waals surface area (Å²) in [5, 5.41) is 0. The molecule has 2 rings (SSSR count). The van der Waals surface area contributed by atoms with Gasteiger partial charge in [0, 0.05) is 32.6 Å². The molecule has 1 aliphatic heterocycles. The number of aryl methyl sites for hydroxylation is 1. The van der Waals surface area contributed by atoms with Crippen molar-refractivity contribution in [1.82, 2.24) is 9.80 Å². The zero-order chi connectivity index (χ0) is 15.2. The number of likely N-dealkylation sites (N-methyl/N-ethyl adjacent to an activating group) is 1. The number of carbonyl (C=O) groups is 1. The molecule has 0 aliphatic carbocycles. The molecule has 4 nitrogen and oxygen atoms in total. The van der Waals surface area contributed by atoms with Crippen LogP contribution in [0.3, 0.4) is 0 Å². The van der Waals surface area contributed by atoms with Gasteiger partial charge in [0.1, 0.15) is 5.75 Å². The van der Waals surface area contributed by atoms with E-state index >= 15 is 0 Å². The first-order chi connectivity index (χ1) is 10.1. The van der Waals surface area contributed by atoms with Crippen LogP contribution in [0.1, 0.15) is 18.9 Å². The highest BCUT2D eigenvalue weighted by Crippen LogP contribution is 2.26. The Bertz CT molecular complexity index is 485. The van der Waals surface area contributed by atoms with Crippen LogP contribution in [0.2, 0.25) is 0 Å². The molecule has 0 saturated carbocycles. The summed E-state index contributed by atoms with van der Waals surface area (Å²) in [5.41, 5.74) is 1.16. The highest BCUT2D eigenvalue weighted by molar-refractivity contribution is 9.10. The van der Waals surface area contributed by atoms with Crippen LogP contribution in [0.4, 0.5) is 0 Å². The van der Waals surface area contributed by atoms with Gasteiger partial charge in [-0.1, -0.05) is 13.0 Å². The molecule has 1 saturated heterocycles. The Labute approximate surface area is 135 Å². The Morgan fingerprint density at radius 2 is 2.00 bits per heavy atom. The van der Waals surface area contributed by atoms with E-state index in [-0.39, 0.29) is 5.91 Å². The Morgan fingerprint density at radius 1 is 1.29 bits per heavy atom. The molecular formula is C16H23BrN2O2. The molecule has 0 bridgehead atoms. The third kappa shape index (κ3) is 4.45. The normalized spacial score (nSPS) is 16.0. The average Bonchev–Trinajstić information content (AvgIpc) is 2.52. The fourth-order valence-electron chi connectivity index (χ4n) is 2.59. The topological polar surface area (TPSA) is 32.8 Å². The largest absolute Gasteiger partial charge is 0.496 e. The first-order valence-electron chi connectivity index (χ1n) is 7.46. The number of hydrogen-bond donors (Lipinski definition) is 0. The summed E-state index contributed by atoms with van der Waals surface area (Å²) in [6.45, 7) is 6.95. The number of amides is 1. The lowest BCUT2D eigenvalue weighted by atomic mass is 10.1. The molecule has 1 fully saturated rings. The maximum absolute atomic E-state index is 12.2. The van der Waals surface area contributed by atoms with Crippen LogP contribution >= 0.6 is 15.9 Å². The summed E-state index contributed by atoms with van der Waals surface area (Å²) in [4.78, 5) is 16.6. The van der Waals surface area contributed by atoms with Crippen molar-refractivity contribution in [2.45, 2.75) is 19.8 Å². The summed E-state index contributed by atoms with van der Waals surface area (Å²) in [6.07, 6.45) is 1.35. The van der Waals surface area contributed by atoms with Crippen LogP contribution in [0.25, 0.3) is 0 Å². The zero-order valence-corrected chi connectivity index (χ0v) is 14.4. The monoisotopic (exact) mass is 354 g/mol. The molecule has 0 radical (unpaired) electrons. The van der Waals surface area contributed by atoms with Crippen molar-refractivity contribution in [2.24, 2.45) is 0 Å². The summed E-state index contributed by atoms with van der Waals surface area (Å²) in [7, 11) is 1.65. The molecule has 116 valence electrons. The van der Waals surface area contributed by atoms with Crippen molar-refractivity contribution in [2.75, 3.05) is 39.8 Å². The van der Waals surface area contributed by atoms with Gasteiger partial charge in [0.05, 0.1) is 11.6 Å². The maximum atomic E-state index is 12.2. The van der Waals surface area contributed by atoms with E-state index in [1.807, 2.05) is 23.1 Å². The number of halogens is 1. The number of ether oxygens (including phenoxy) is 1. The van der Waals surface area contributed by atoms with Crippen molar-refractivity contribution in [3.8, 4) is 5.75 Å². The van der Waals surface area contributed by atoms with E-state index < -0.39 is 0 Å². The van der Waals surface area contributed by atoms with Crippen molar-refractivity contribution in [1.29, 1.82) is 0 Å². The minimum atomic E-state index is 0.262. The molecule has 0 spiro atoms. The highest BCUT2D eigenvalue weighted by atomic mass is 79.9. The van der Waals surface area contributed by atoms with Crippen molar-refractivity contribution in [3.63, 3.8) is 0 Å². The number of carbonyl (C=O) groups excluding carboxylic acids is 1. The quantitative estimate of drug-likeness (QED) is 0.814. The lowest BCUT2D eigenvalue weighted by molar-refractivity contribution is -0.132. The maximum Gasteiger partial charge on any atom is 0.222 e. The second-order valence-corrected chi connectivity index (χ2v) is 6.14. The molecule has 0 atom stereocenters. The minimum Gasteiger partial charge on any atom is -0.496 e. The van der Waals surface area contributed by atoms with Gasteiger partial charge >= 0.3 is 0 Å². The predicted molar refractivity (Wildman–Crippen MR) is 87.7 cm³/mol. The van der Waals surface area contributed by atoms with E-state index in [4.69, 9.17) is 4.74 Å². The van der Waals surface area contributed by atoms with Crippen molar-refractivity contribution < 1.29 is 9.53 Å². The molecule has 1 aromatic rings. The van der Waals surface area contributed by atoms with Gasteiger partial charge < -0.3 is 14.5 Å². The lowest BCUT2D eigenvalue weighted by Gasteiger charge is -2.34. The van der Waals surface area contributed by atoms with E-state index in [1.165, 1.54) is 0 Å². The van der Waals surface area contributed by atoms with Crippen LogP contribution in [-0.4, -0.2) is 55.5 Å². The SMILES string of the molecule is CCN1CCN(C(=O)CCc2ccc(OC)c(Br)c2)CC1. The van der Waals surface area contributed by atoms with Crippen molar-refractivity contribution >= 4 is 21.8 Å². The summed E-state index contributed by atoms with van der Waals surface area (Å²) < 4.78 is 6.15.